The van der Waals surface area contributed by atoms with Gasteiger partial charge in [0, 0.05) is 13.1 Å². The monoisotopic (exact) mass is 247 g/mol. The second kappa shape index (κ2) is 6.01. The van der Waals surface area contributed by atoms with E-state index < -0.39 is 10.0 Å². The van der Waals surface area contributed by atoms with E-state index in [0.717, 1.165) is 38.8 Å². The number of hydrogen-bond acceptors (Lipinski definition) is 2. The highest BCUT2D eigenvalue weighted by atomic mass is 32.2. The van der Waals surface area contributed by atoms with Gasteiger partial charge in [-0.3, -0.25) is 0 Å². The first-order chi connectivity index (χ1) is 7.47. The Morgan fingerprint density at radius 1 is 1.25 bits per heavy atom. The van der Waals surface area contributed by atoms with Gasteiger partial charge in [0.05, 0.1) is 5.75 Å². The van der Waals surface area contributed by atoms with Crippen LogP contribution in [0.25, 0.3) is 0 Å². The van der Waals surface area contributed by atoms with Crippen molar-refractivity contribution in [2.24, 2.45) is 11.8 Å². The Labute approximate surface area is 100 Å². The molecule has 0 amide bonds. The predicted octanol–water partition coefficient (Wildman–Crippen LogP) is 2.48. The standard InChI is InChI=1S/C12H25NO2S/c1-4-5-10-16(14,15)13-8-6-12(7-9-13)11(2)3/h11-12H,4-10H2,1-3H3. The molecule has 0 aromatic rings. The third kappa shape index (κ3) is 3.74. The number of sulfonamides is 1. The minimum Gasteiger partial charge on any atom is -0.212 e. The Morgan fingerprint density at radius 3 is 2.25 bits per heavy atom. The number of nitrogens with zero attached hydrogens (tertiary/aromatic N) is 1. The van der Waals surface area contributed by atoms with Gasteiger partial charge in [-0.2, -0.15) is 0 Å². The highest BCUT2D eigenvalue weighted by Crippen LogP contribution is 2.26. The zero-order chi connectivity index (χ0) is 12.2. The molecule has 0 radical (unpaired) electrons. The van der Waals surface area contributed by atoms with Crippen LogP contribution < -0.4 is 0 Å². The molecule has 3 nitrogen and oxygen atoms in total. The van der Waals surface area contributed by atoms with Gasteiger partial charge >= 0.3 is 0 Å². The minimum atomic E-state index is -2.96. The molecular weight excluding hydrogens is 222 g/mol. The molecule has 0 aliphatic carbocycles. The summed E-state index contributed by atoms with van der Waals surface area (Å²) in [7, 11) is -2.96. The first kappa shape index (κ1) is 14.0. The smallest absolute Gasteiger partial charge is 0.212 e. The molecule has 1 saturated heterocycles. The molecule has 0 aromatic heterocycles. The van der Waals surface area contributed by atoms with Crippen LogP contribution in [-0.4, -0.2) is 31.6 Å². The SMILES string of the molecule is CCCCS(=O)(=O)N1CCC(C(C)C)CC1. The highest BCUT2D eigenvalue weighted by molar-refractivity contribution is 7.89. The summed E-state index contributed by atoms with van der Waals surface area (Å²) in [5.74, 6) is 1.72. The van der Waals surface area contributed by atoms with Gasteiger partial charge in [-0.25, -0.2) is 12.7 Å². The molecule has 16 heavy (non-hydrogen) atoms. The van der Waals surface area contributed by atoms with E-state index in [1.54, 1.807) is 4.31 Å². The Bertz CT molecular complexity index is 290. The lowest BCUT2D eigenvalue weighted by molar-refractivity contribution is 0.226. The van der Waals surface area contributed by atoms with E-state index in [0.29, 0.717) is 17.6 Å². The van der Waals surface area contributed by atoms with Gasteiger partial charge in [0.2, 0.25) is 10.0 Å². The Hall–Kier alpha value is -0.0900. The van der Waals surface area contributed by atoms with E-state index in [9.17, 15) is 8.42 Å². The number of rotatable bonds is 5. The maximum atomic E-state index is 11.9. The van der Waals surface area contributed by atoms with Crippen molar-refractivity contribution in [3.8, 4) is 0 Å². The van der Waals surface area contributed by atoms with Gasteiger partial charge in [0.1, 0.15) is 0 Å². The Morgan fingerprint density at radius 2 is 1.81 bits per heavy atom. The maximum absolute atomic E-state index is 11.9. The van der Waals surface area contributed by atoms with Crippen molar-refractivity contribution < 1.29 is 8.42 Å². The Kier molecular flexibility index (Phi) is 5.25. The van der Waals surface area contributed by atoms with Crippen LogP contribution in [0.4, 0.5) is 0 Å². The lowest BCUT2D eigenvalue weighted by atomic mass is 9.87. The highest BCUT2D eigenvalue weighted by Gasteiger charge is 2.28. The van der Waals surface area contributed by atoms with E-state index in [1.165, 1.54) is 0 Å². The van der Waals surface area contributed by atoms with Crippen molar-refractivity contribution in [1.29, 1.82) is 0 Å². The molecule has 1 heterocycles. The average Bonchev–Trinajstić information content (AvgIpc) is 2.26. The zero-order valence-corrected chi connectivity index (χ0v) is 11.6. The van der Waals surface area contributed by atoms with Crippen LogP contribution in [0.15, 0.2) is 0 Å². The number of piperidine rings is 1. The molecular formula is C12H25NO2S. The van der Waals surface area contributed by atoms with Crippen molar-refractivity contribution in [2.75, 3.05) is 18.8 Å². The minimum absolute atomic E-state index is 0.329. The molecule has 0 spiro atoms. The molecule has 1 fully saturated rings. The molecule has 1 aliphatic heterocycles. The molecule has 0 atom stereocenters. The summed E-state index contributed by atoms with van der Waals surface area (Å²) in [5.41, 5.74) is 0. The summed E-state index contributed by atoms with van der Waals surface area (Å²) in [6, 6.07) is 0. The van der Waals surface area contributed by atoms with Crippen molar-refractivity contribution in [3.63, 3.8) is 0 Å². The second-order valence-corrected chi connectivity index (χ2v) is 7.24. The van der Waals surface area contributed by atoms with Crippen molar-refractivity contribution in [2.45, 2.75) is 46.5 Å². The summed E-state index contributed by atoms with van der Waals surface area (Å²) in [6.07, 6.45) is 3.79. The third-order valence-electron chi connectivity index (χ3n) is 3.59. The van der Waals surface area contributed by atoms with Crippen LogP contribution in [0.1, 0.15) is 46.5 Å². The van der Waals surface area contributed by atoms with Crippen molar-refractivity contribution >= 4 is 10.0 Å². The van der Waals surface area contributed by atoms with Crippen LogP contribution >= 0.6 is 0 Å². The molecule has 1 aliphatic rings. The van der Waals surface area contributed by atoms with E-state index >= 15 is 0 Å². The first-order valence-corrected chi connectivity index (χ1v) is 8.06. The maximum Gasteiger partial charge on any atom is 0.214 e. The fourth-order valence-corrected chi connectivity index (χ4v) is 3.96. The number of unbranched alkanes of at least 4 members (excludes halogenated alkanes) is 1. The van der Waals surface area contributed by atoms with Crippen LogP contribution in [0.5, 0.6) is 0 Å². The number of hydrogen-bond donors (Lipinski definition) is 0. The first-order valence-electron chi connectivity index (χ1n) is 6.45. The third-order valence-corrected chi connectivity index (χ3v) is 5.55. The molecule has 96 valence electrons. The van der Waals surface area contributed by atoms with Crippen LogP contribution in [0, 0.1) is 11.8 Å². The molecule has 0 bridgehead atoms. The fourth-order valence-electron chi connectivity index (χ4n) is 2.28. The normalized spacial score (nSPS) is 20.5. The summed E-state index contributed by atoms with van der Waals surface area (Å²) >= 11 is 0. The van der Waals surface area contributed by atoms with E-state index in [2.05, 4.69) is 13.8 Å². The van der Waals surface area contributed by atoms with Gasteiger partial charge in [-0.15, -0.1) is 0 Å². The second-order valence-electron chi connectivity index (χ2n) is 5.15. The van der Waals surface area contributed by atoms with Gasteiger partial charge in [0.15, 0.2) is 0 Å². The van der Waals surface area contributed by atoms with E-state index in [-0.39, 0.29) is 0 Å². The largest absolute Gasteiger partial charge is 0.214 e. The lowest BCUT2D eigenvalue weighted by Crippen LogP contribution is -2.40. The van der Waals surface area contributed by atoms with Gasteiger partial charge in [0.25, 0.3) is 0 Å². The van der Waals surface area contributed by atoms with Crippen LogP contribution in [0.3, 0.4) is 0 Å². The topological polar surface area (TPSA) is 37.4 Å². The lowest BCUT2D eigenvalue weighted by Gasteiger charge is -2.33. The van der Waals surface area contributed by atoms with Crippen molar-refractivity contribution in [1.82, 2.24) is 4.31 Å². The van der Waals surface area contributed by atoms with E-state index in [4.69, 9.17) is 0 Å². The summed E-state index contributed by atoms with van der Waals surface area (Å²) in [6.45, 7) is 7.95. The molecule has 1 rings (SSSR count). The van der Waals surface area contributed by atoms with Gasteiger partial charge in [-0.05, 0) is 31.1 Å². The predicted molar refractivity (Wildman–Crippen MR) is 67.8 cm³/mol. The molecule has 0 saturated carbocycles. The van der Waals surface area contributed by atoms with E-state index in [1.807, 2.05) is 6.92 Å². The fraction of sp³-hybridized carbons (Fsp3) is 1.00. The van der Waals surface area contributed by atoms with Gasteiger partial charge < -0.3 is 0 Å². The molecule has 0 N–H and O–H groups in total. The van der Waals surface area contributed by atoms with Crippen LogP contribution in [0.2, 0.25) is 0 Å². The molecule has 4 heteroatoms. The quantitative estimate of drug-likeness (QED) is 0.748. The average molecular weight is 247 g/mol. The zero-order valence-electron chi connectivity index (χ0n) is 10.8. The van der Waals surface area contributed by atoms with Crippen molar-refractivity contribution in [3.05, 3.63) is 0 Å². The summed E-state index contributed by atoms with van der Waals surface area (Å²) in [5, 5.41) is 0. The molecule has 0 unspecified atom stereocenters. The molecule has 0 aromatic carbocycles. The van der Waals surface area contributed by atoms with Gasteiger partial charge in [-0.1, -0.05) is 27.2 Å². The summed E-state index contributed by atoms with van der Waals surface area (Å²) in [4.78, 5) is 0. The Balaban J connectivity index is 2.47. The summed E-state index contributed by atoms with van der Waals surface area (Å²) < 4.78 is 25.6. The van der Waals surface area contributed by atoms with Crippen LogP contribution in [-0.2, 0) is 10.0 Å².